The standard InChI is InChI=1S/C17H25N5O/c1-14-7-4-5-8-15(14)16(21(2)3)11-19-17(23)9-6-10-22-13-18-12-20-22/h4-5,7-8,12-13,16H,6,9-11H2,1-3H3,(H,19,23)/t16-/m0/s1. The fourth-order valence-electron chi connectivity index (χ4n) is 2.58. The summed E-state index contributed by atoms with van der Waals surface area (Å²) in [6.07, 6.45) is 4.42. The summed E-state index contributed by atoms with van der Waals surface area (Å²) in [6, 6.07) is 8.48. The second-order valence-electron chi connectivity index (χ2n) is 5.90. The van der Waals surface area contributed by atoms with Crippen LogP contribution in [0.15, 0.2) is 36.9 Å². The number of carbonyl (C=O) groups is 1. The van der Waals surface area contributed by atoms with Gasteiger partial charge in [0.15, 0.2) is 0 Å². The van der Waals surface area contributed by atoms with Crippen molar-refractivity contribution in [3.63, 3.8) is 0 Å². The highest BCUT2D eigenvalue weighted by molar-refractivity contribution is 5.75. The van der Waals surface area contributed by atoms with Gasteiger partial charge in [0.1, 0.15) is 12.7 Å². The van der Waals surface area contributed by atoms with Crippen LogP contribution >= 0.6 is 0 Å². The van der Waals surface area contributed by atoms with Crippen molar-refractivity contribution in [2.75, 3.05) is 20.6 Å². The number of hydrogen-bond donors (Lipinski definition) is 1. The van der Waals surface area contributed by atoms with Crippen LogP contribution in [-0.4, -0.2) is 46.2 Å². The molecule has 0 aliphatic rings. The molecule has 23 heavy (non-hydrogen) atoms. The Morgan fingerprint density at radius 3 is 2.78 bits per heavy atom. The van der Waals surface area contributed by atoms with Crippen LogP contribution in [0.1, 0.15) is 30.0 Å². The van der Waals surface area contributed by atoms with E-state index in [1.54, 1.807) is 11.0 Å². The molecule has 124 valence electrons. The molecular weight excluding hydrogens is 290 g/mol. The monoisotopic (exact) mass is 315 g/mol. The van der Waals surface area contributed by atoms with Gasteiger partial charge in [0.25, 0.3) is 0 Å². The quantitative estimate of drug-likeness (QED) is 0.806. The highest BCUT2D eigenvalue weighted by Gasteiger charge is 2.16. The molecule has 2 aromatic rings. The Hall–Kier alpha value is -2.21. The van der Waals surface area contributed by atoms with Gasteiger partial charge in [0.05, 0.1) is 6.04 Å². The molecule has 6 nitrogen and oxygen atoms in total. The van der Waals surface area contributed by atoms with Crippen molar-refractivity contribution in [2.24, 2.45) is 0 Å². The Bertz CT molecular complexity index is 609. The van der Waals surface area contributed by atoms with Crippen LogP contribution in [0.2, 0.25) is 0 Å². The molecule has 1 aromatic carbocycles. The van der Waals surface area contributed by atoms with Crippen LogP contribution in [-0.2, 0) is 11.3 Å². The number of amides is 1. The van der Waals surface area contributed by atoms with Crippen LogP contribution < -0.4 is 5.32 Å². The number of hydrogen-bond acceptors (Lipinski definition) is 4. The number of nitrogens with one attached hydrogen (secondary N) is 1. The molecule has 0 spiro atoms. The number of benzene rings is 1. The van der Waals surface area contributed by atoms with Crippen LogP contribution in [0.4, 0.5) is 0 Å². The van der Waals surface area contributed by atoms with Crippen molar-refractivity contribution in [2.45, 2.75) is 32.4 Å². The van der Waals surface area contributed by atoms with Crippen molar-refractivity contribution in [3.8, 4) is 0 Å². The molecule has 1 N–H and O–H groups in total. The Morgan fingerprint density at radius 2 is 2.13 bits per heavy atom. The van der Waals surface area contributed by atoms with Gasteiger partial charge in [-0.15, -0.1) is 0 Å². The third-order valence-electron chi connectivity index (χ3n) is 3.92. The minimum absolute atomic E-state index is 0.0746. The maximum Gasteiger partial charge on any atom is 0.220 e. The summed E-state index contributed by atoms with van der Waals surface area (Å²) in [7, 11) is 4.07. The van der Waals surface area contributed by atoms with E-state index in [4.69, 9.17) is 0 Å². The predicted molar refractivity (Wildman–Crippen MR) is 89.9 cm³/mol. The minimum atomic E-state index is 0.0746. The molecule has 1 atom stereocenters. The number of aromatic nitrogens is 3. The first-order chi connectivity index (χ1) is 11.1. The second kappa shape index (κ2) is 8.43. The van der Waals surface area contributed by atoms with Crippen molar-refractivity contribution in [3.05, 3.63) is 48.0 Å². The normalized spacial score (nSPS) is 12.3. The SMILES string of the molecule is Cc1ccccc1[C@H](CNC(=O)CCCn1cncn1)N(C)C. The first kappa shape index (κ1) is 17.1. The number of likely N-dealkylation sites (N-methyl/N-ethyl adjacent to an activating group) is 1. The number of rotatable bonds is 8. The lowest BCUT2D eigenvalue weighted by molar-refractivity contribution is -0.121. The van der Waals surface area contributed by atoms with Gasteiger partial charge >= 0.3 is 0 Å². The molecule has 6 heteroatoms. The van der Waals surface area contributed by atoms with Gasteiger partial charge in [-0.1, -0.05) is 24.3 Å². The maximum atomic E-state index is 12.0. The zero-order valence-electron chi connectivity index (χ0n) is 14.1. The van der Waals surface area contributed by atoms with Crippen LogP contribution in [0, 0.1) is 6.92 Å². The summed E-state index contributed by atoms with van der Waals surface area (Å²) < 4.78 is 1.74. The molecule has 0 aliphatic carbocycles. The molecule has 0 radical (unpaired) electrons. The van der Waals surface area contributed by atoms with Crippen LogP contribution in [0.3, 0.4) is 0 Å². The lowest BCUT2D eigenvalue weighted by Crippen LogP contribution is -2.34. The fraction of sp³-hybridized carbons (Fsp3) is 0.471. The Balaban J connectivity index is 1.82. The van der Waals surface area contributed by atoms with E-state index in [-0.39, 0.29) is 11.9 Å². The van der Waals surface area contributed by atoms with E-state index in [9.17, 15) is 4.79 Å². The molecule has 0 saturated heterocycles. The average Bonchev–Trinajstić information content (AvgIpc) is 3.02. The molecule has 1 heterocycles. The zero-order valence-corrected chi connectivity index (χ0v) is 14.1. The van der Waals surface area contributed by atoms with Crippen LogP contribution in [0.25, 0.3) is 0 Å². The summed E-state index contributed by atoms with van der Waals surface area (Å²) >= 11 is 0. The molecule has 0 bridgehead atoms. The maximum absolute atomic E-state index is 12.0. The van der Waals surface area contributed by atoms with E-state index in [0.29, 0.717) is 19.5 Å². The predicted octanol–water partition coefficient (Wildman–Crippen LogP) is 1.79. The summed E-state index contributed by atoms with van der Waals surface area (Å²) in [4.78, 5) is 18.1. The van der Waals surface area contributed by atoms with Gasteiger partial charge < -0.3 is 10.2 Å². The summed E-state index contributed by atoms with van der Waals surface area (Å²) in [5.41, 5.74) is 2.49. The summed E-state index contributed by atoms with van der Waals surface area (Å²) in [5.74, 6) is 0.0746. The third kappa shape index (κ3) is 5.17. The van der Waals surface area contributed by atoms with Crippen molar-refractivity contribution in [1.29, 1.82) is 0 Å². The Kier molecular flexibility index (Phi) is 6.29. The van der Waals surface area contributed by atoms with Crippen molar-refractivity contribution >= 4 is 5.91 Å². The molecule has 0 unspecified atom stereocenters. The molecule has 0 fully saturated rings. The Labute approximate surface area is 137 Å². The molecule has 0 aliphatic heterocycles. The minimum Gasteiger partial charge on any atom is -0.354 e. The van der Waals surface area contributed by atoms with Crippen molar-refractivity contribution in [1.82, 2.24) is 25.0 Å². The van der Waals surface area contributed by atoms with E-state index in [2.05, 4.69) is 39.4 Å². The van der Waals surface area contributed by atoms with E-state index in [0.717, 1.165) is 6.42 Å². The highest BCUT2D eigenvalue weighted by atomic mass is 16.1. The van der Waals surface area contributed by atoms with E-state index >= 15 is 0 Å². The topological polar surface area (TPSA) is 63.1 Å². The van der Waals surface area contributed by atoms with E-state index in [1.165, 1.54) is 17.5 Å². The lowest BCUT2D eigenvalue weighted by atomic mass is 10.0. The molecular formula is C17H25N5O. The van der Waals surface area contributed by atoms with E-state index in [1.807, 2.05) is 26.2 Å². The molecule has 1 amide bonds. The smallest absolute Gasteiger partial charge is 0.220 e. The second-order valence-corrected chi connectivity index (χ2v) is 5.90. The first-order valence-electron chi connectivity index (χ1n) is 7.89. The Morgan fingerprint density at radius 1 is 1.35 bits per heavy atom. The number of nitrogens with zero attached hydrogens (tertiary/aromatic N) is 4. The summed E-state index contributed by atoms with van der Waals surface area (Å²) in [6.45, 7) is 3.42. The first-order valence-corrected chi connectivity index (χ1v) is 7.89. The molecule has 2 rings (SSSR count). The number of aryl methyl sites for hydroxylation is 2. The molecule has 1 aromatic heterocycles. The van der Waals surface area contributed by atoms with Gasteiger partial charge in [-0.2, -0.15) is 5.10 Å². The highest BCUT2D eigenvalue weighted by Crippen LogP contribution is 2.20. The number of carbonyl (C=O) groups excluding carboxylic acids is 1. The van der Waals surface area contributed by atoms with E-state index < -0.39 is 0 Å². The fourth-order valence-corrected chi connectivity index (χ4v) is 2.58. The largest absolute Gasteiger partial charge is 0.354 e. The van der Waals surface area contributed by atoms with Gasteiger partial charge in [-0.25, -0.2) is 4.98 Å². The lowest BCUT2D eigenvalue weighted by Gasteiger charge is -2.26. The van der Waals surface area contributed by atoms with Gasteiger partial charge in [-0.3, -0.25) is 9.48 Å². The van der Waals surface area contributed by atoms with Crippen molar-refractivity contribution < 1.29 is 4.79 Å². The molecule has 0 saturated carbocycles. The third-order valence-corrected chi connectivity index (χ3v) is 3.92. The van der Waals surface area contributed by atoms with Gasteiger partial charge in [0.2, 0.25) is 5.91 Å². The zero-order chi connectivity index (χ0) is 16.7. The van der Waals surface area contributed by atoms with Crippen LogP contribution in [0.5, 0.6) is 0 Å². The average molecular weight is 315 g/mol. The van der Waals surface area contributed by atoms with Gasteiger partial charge in [0, 0.05) is 19.5 Å². The summed E-state index contributed by atoms with van der Waals surface area (Å²) in [5, 5.41) is 7.07. The van der Waals surface area contributed by atoms with Gasteiger partial charge in [-0.05, 0) is 38.6 Å².